The van der Waals surface area contributed by atoms with E-state index >= 15 is 0 Å². The lowest BCUT2D eigenvalue weighted by Crippen LogP contribution is -2.40. The third-order valence-electron chi connectivity index (χ3n) is 5.10. The fourth-order valence-electron chi connectivity index (χ4n) is 3.52. The van der Waals surface area contributed by atoms with Crippen LogP contribution >= 0.6 is 0 Å². The molecule has 0 aromatic rings. The second-order valence-corrected chi connectivity index (χ2v) is 6.67. The Labute approximate surface area is 115 Å². The predicted molar refractivity (Wildman–Crippen MR) is 72.7 cm³/mol. The molecule has 2 aliphatic rings. The Morgan fingerprint density at radius 2 is 1.32 bits per heavy atom. The summed E-state index contributed by atoms with van der Waals surface area (Å²) < 4.78 is 14.5. The maximum atomic E-state index is 14.5. The van der Waals surface area contributed by atoms with Crippen LogP contribution in [-0.2, 0) is 9.59 Å². The van der Waals surface area contributed by atoms with Crippen LogP contribution in [0.1, 0.15) is 77.6 Å². The lowest BCUT2D eigenvalue weighted by Gasteiger charge is -2.33. The van der Waals surface area contributed by atoms with E-state index in [0.29, 0.717) is 12.8 Å². The van der Waals surface area contributed by atoms with Gasteiger partial charge in [-0.05, 0) is 38.5 Å². The van der Waals surface area contributed by atoms with E-state index in [1.165, 1.54) is 6.42 Å². The van der Waals surface area contributed by atoms with Crippen molar-refractivity contribution in [2.45, 2.75) is 83.2 Å². The molecule has 0 aliphatic heterocycles. The van der Waals surface area contributed by atoms with Crippen molar-refractivity contribution in [1.82, 2.24) is 0 Å². The summed E-state index contributed by atoms with van der Waals surface area (Å²) in [5.41, 5.74) is -2.09. The summed E-state index contributed by atoms with van der Waals surface area (Å²) in [4.78, 5) is 24.4. The predicted octanol–water partition coefficient (Wildman–Crippen LogP) is 4.16. The van der Waals surface area contributed by atoms with Crippen LogP contribution in [0.15, 0.2) is 0 Å². The molecule has 0 heterocycles. The Morgan fingerprint density at radius 1 is 0.842 bits per heavy atom. The molecule has 0 unspecified atom stereocenters. The van der Waals surface area contributed by atoms with Gasteiger partial charge in [-0.2, -0.15) is 0 Å². The van der Waals surface area contributed by atoms with E-state index in [1.54, 1.807) is 0 Å². The first-order valence-electron chi connectivity index (χ1n) is 7.72. The Kier molecular flexibility index (Phi) is 4.42. The molecule has 0 aromatic heterocycles. The first kappa shape index (κ1) is 14.7. The van der Waals surface area contributed by atoms with Crippen LogP contribution in [0.25, 0.3) is 0 Å². The van der Waals surface area contributed by atoms with Crippen molar-refractivity contribution in [3.63, 3.8) is 0 Å². The molecule has 2 rings (SSSR count). The average Bonchev–Trinajstić information content (AvgIpc) is 2.40. The first-order valence-corrected chi connectivity index (χ1v) is 7.72. The van der Waals surface area contributed by atoms with Crippen molar-refractivity contribution in [2.75, 3.05) is 0 Å². The van der Waals surface area contributed by atoms with Gasteiger partial charge in [-0.1, -0.05) is 32.6 Å². The number of hydrogen-bond donors (Lipinski definition) is 0. The summed E-state index contributed by atoms with van der Waals surface area (Å²) in [6, 6.07) is 0. The minimum absolute atomic E-state index is 0.0280. The van der Waals surface area contributed by atoms with Gasteiger partial charge < -0.3 is 0 Å². The van der Waals surface area contributed by atoms with Gasteiger partial charge in [0.15, 0.2) is 11.5 Å². The van der Waals surface area contributed by atoms with E-state index in [-0.39, 0.29) is 17.6 Å². The van der Waals surface area contributed by atoms with Crippen molar-refractivity contribution < 1.29 is 14.0 Å². The molecule has 0 atom stereocenters. The molecule has 3 heteroatoms. The number of Topliss-reactive ketones (excluding diaryl/α,β-unsaturated/α-hetero) is 2. The summed E-state index contributed by atoms with van der Waals surface area (Å²) >= 11 is 0. The van der Waals surface area contributed by atoms with Gasteiger partial charge in [-0.15, -0.1) is 0 Å². The number of carbonyl (C=O) groups excluding carboxylic acids is 2. The van der Waals surface area contributed by atoms with Gasteiger partial charge in [0.25, 0.3) is 0 Å². The molecular weight excluding hydrogens is 243 g/mol. The number of ketones is 2. The van der Waals surface area contributed by atoms with Crippen LogP contribution in [0.2, 0.25) is 0 Å². The van der Waals surface area contributed by atoms with Crippen molar-refractivity contribution in [2.24, 2.45) is 5.41 Å². The van der Waals surface area contributed by atoms with Crippen molar-refractivity contribution in [3.8, 4) is 0 Å². The SMILES string of the molecule is CC1(C(=O)CC(=O)C2(F)CCCCC2)CCCCC1. The van der Waals surface area contributed by atoms with E-state index in [0.717, 1.165) is 44.9 Å². The second kappa shape index (κ2) is 5.72. The summed E-state index contributed by atoms with van der Waals surface area (Å²) in [6.07, 6.45) is 7.99. The molecule has 19 heavy (non-hydrogen) atoms. The molecule has 0 N–H and O–H groups in total. The Bertz CT molecular complexity index is 316. The highest BCUT2D eigenvalue weighted by Gasteiger charge is 2.43. The zero-order chi connectivity index (χ0) is 13.9. The number of rotatable bonds is 4. The van der Waals surface area contributed by atoms with Crippen LogP contribution < -0.4 is 0 Å². The fraction of sp³-hybridized carbons (Fsp3) is 0.875. The summed E-state index contributed by atoms with van der Waals surface area (Å²) in [5, 5.41) is 0. The van der Waals surface area contributed by atoms with Gasteiger partial charge in [0.2, 0.25) is 0 Å². The number of alkyl halides is 1. The smallest absolute Gasteiger partial charge is 0.177 e. The van der Waals surface area contributed by atoms with Crippen LogP contribution in [0, 0.1) is 5.41 Å². The number of hydrogen-bond acceptors (Lipinski definition) is 2. The van der Waals surface area contributed by atoms with E-state index in [1.807, 2.05) is 6.92 Å². The fourth-order valence-corrected chi connectivity index (χ4v) is 3.52. The normalized spacial score (nSPS) is 25.8. The molecule has 2 aliphatic carbocycles. The van der Waals surface area contributed by atoms with Gasteiger partial charge in [-0.3, -0.25) is 9.59 Å². The molecular formula is C16H25FO2. The lowest BCUT2D eigenvalue weighted by atomic mass is 9.70. The minimum atomic E-state index is -1.71. The van der Waals surface area contributed by atoms with Crippen LogP contribution in [0.5, 0.6) is 0 Å². The van der Waals surface area contributed by atoms with Crippen molar-refractivity contribution in [3.05, 3.63) is 0 Å². The summed E-state index contributed by atoms with van der Waals surface area (Å²) in [7, 11) is 0. The molecule has 0 saturated heterocycles. The van der Waals surface area contributed by atoms with Crippen LogP contribution in [0.4, 0.5) is 4.39 Å². The molecule has 0 spiro atoms. The summed E-state index contributed by atoms with van der Waals surface area (Å²) in [5.74, 6) is -0.483. The number of halogens is 1. The minimum Gasteiger partial charge on any atom is -0.299 e. The Balaban J connectivity index is 1.96. The van der Waals surface area contributed by atoms with Gasteiger partial charge in [0.05, 0.1) is 6.42 Å². The molecule has 0 amide bonds. The largest absolute Gasteiger partial charge is 0.299 e. The van der Waals surface area contributed by atoms with Gasteiger partial charge in [0.1, 0.15) is 5.78 Å². The molecule has 2 nitrogen and oxygen atoms in total. The molecule has 0 aromatic carbocycles. The van der Waals surface area contributed by atoms with E-state index in [9.17, 15) is 14.0 Å². The standard InChI is InChI=1S/C16H25FO2/c1-15(8-4-2-5-9-15)13(18)12-14(19)16(17)10-6-3-7-11-16/h2-12H2,1H3. The second-order valence-electron chi connectivity index (χ2n) is 6.67. The molecule has 2 fully saturated rings. The number of carbonyl (C=O) groups is 2. The maximum Gasteiger partial charge on any atom is 0.177 e. The van der Waals surface area contributed by atoms with E-state index in [4.69, 9.17) is 0 Å². The average molecular weight is 268 g/mol. The lowest BCUT2D eigenvalue weighted by molar-refractivity contribution is -0.140. The summed E-state index contributed by atoms with van der Waals surface area (Å²) in [6.45, 7) is 1.95. The Hall–Kier alpha value is -0.730. The van der Waals surface area contributed by atoms with Gasteiger partial charge >= 0.3 is 0 Å². The van der Waals surface area contributed by atoms with Crippen LogP contribution in [0.3, 0.4) is 0 Å². The van der Waals surface area contributed by atoms with E-state index in [2.05, 4.69) is 0 Å². The topological polar surface area (TPSA) is 34.1 Å². The van der Waals surface area contributed by atoms with Crippen molar-refractivity contribution in [1.29, 1.82) is 0 Å². The molecule has 2 saturated carbocycles. The highest BCUT2D eigenvalue weighted by molar-refractivity contribution is 6.05. The highest BCUT2D eigenvalue weighted by atomic mass is 19.1. The molecule has 0 bridgehead atoms. The molecule has 108 valence electrons. The Morgan fingerprint density at radius 3 is 1.84 bits per heavy atom. The zero-order valence-corrected chi connectivity index (χ0v) is 12.0. The van der Waals surface area contributed by atoms with Crippen molar-refractivity contribution >= 4 is 11.6 Å². The molecule has 0 radical (unpaired) electrons. The maximum absolute atomic E-state index is 14.5. The van der Waals surface area contributed by atoms with Gasteiger partial charge in [0, 0.05) is 5.41 Å². The quantitative estimate of drug-likeness (QED) is 0.717. The third-order valence-corrected chi connectivity index (χ3v) is 5.10. The monoisotopic (exact) mass is 268 g/mol. The highest BCUT2D eigenvalue weighted by Crippen LogP contribution is 2.39. The van der Waals surface area contributed by atoms with Gasteiger partial charge in [-0.25, -0.2) is 4.39 Å². The third kappa shape index (κ3) is 3.24. The van der Waals surface area contributed by atoms with Crippen LogP contribution in [-0.4, -0.2) is 17.2 Å². The first-order chi connectivity index (χ1) is 8.96. The zero-order valence-electron chi connectivity index (χ0n) is 12.0. The van der Waals surface area contributed by atoms with E-state index < -0.39 is 11.5 Å².